The van der Waals surface area contributed by atoms with Crippen molar-refractivity contribution < 1.29 is 5.11 Å². The van der Waals surface area contributed by atoms with Crippen LogP contribution in [0.15, 0.2) is 24.3 Å². The summed E-state index contributed by atoms with van der Waals surface area (Å²) >= 11 is 0. The van der Waals surface area contributed by atoms with Crippen LogP contribution in [0.5, 0.6) is 5.75 Å². The van der Waals surface area contributed by atoms with Gasteiger partial charge in [0.2, 0.25) is 0 Å². The molecule has 0 radical (unpaired) electrons. The lowest BCUT2D eigenvalue weighted by atomic mass is 10.1. The van der Waals surface area contributed by atoms with Crippen molar-refractivity contribution in [3.05, 3.63) is 24.3 Å². The number of phenolic OH excluding ortho intramolecular Hbond substituents is 1. The summed E-state index contributed by atoms with van der Waals surface area (Å²) in [4.78, 5) is 0. The van der Waals surface area contributed by atoms with Crippen molar-refractivity contribution in [1.82, 2.24) is 0 Å². The van der Waals surface area contributed by atoms with Crippen molar-refractivity contribution in [3.8, 4) is 5.75 Å². The van der Waals surface area contributed by atoms with Crippen LogP contribution in [0.3, 0.4) is 0 Å². The van der Waals surface area contributed by atoms with Crippen LogP contribution >= 0.6 is 8.58 Å². The van der Waals surface area contributed by atoms with Gasteiger partial charge in [-0.2, -0.15) is 0 Å². The molecule has 1 nitrogen and oxygen atoms in total. The molecule has 0 saturated carbocycles. The maximum absolute atomic E-state index is 9.22. The van der Waals surface area contributed by atoms with Gasteiger partial charge in [-0.25, -0.2) is 0 Å². The number of unbranched alkanes of at least 4 members (excludes halogenated alkanes) is 9. The zero-order valence-corrected chi connectivity index (χ0v) is 14.0. The smallest absolute Gasteiger partial charge is 0.115 e. The molecule has 0 saturated heterocycles. The Morgan fingerprint density at radius 1 is 0.750 bits per heavy atom. The Labute approximate surface area is 127 Å². The van der Waals surface area contributed by atoms with Crippen LogP contribution in [0, 0.1) is 0 Å². The molecule has 0 aromatic heterocycles. The molecule has 1 rings (SSSR count). The largest absolute Gasteiger partial charge is 0.508 e. The van der Waals surface area contributed by atoms with Crippen molar-refractivity contribution in [3.63, 3.8) is 0 Å². The lowest BCUT2D eigenvalue weighted by Gasteiger charge is -2.03. The summed E-state index contributed by atoms with van der Waals surface area (Å²) in [6.07, 6.45) is 15.4. The Kier molecular flexibility index (Phi) is 10.7. The zero-order valence-electron chi connectivity index (χ0n) is 13.0. The van der Waals surface area contributed by atoms with Gasteiger partial charge >= 0.3 is 0 Å². The Balaban J connectivity index is 1.84. The fourth-order valence-electron chi connectivity index (χ4n) is 2.42. The molecule has 1 aromatic carbocycles. The highest BCUT2D eigenvalue weighted by molar-refractivity contribution is 7.47. The van der Waals surface area contributed by atoms with E-state index in [0.29, 0.717) is 5.75 Å². The fraction of sp³-hybridized carbons (Fsp3) is 0.667. The van der Waals surface area contributed by atoms with Gasteiger partial charge < -0.3 is 5.11 Å². The van der Waals surface area contributed by atoms with Crippen LogP contribution in [0.4, 0.5) is 0 Å². The Morgan fingerprint density at radius 2 is 1.25 bits per heavy atom. The summed E-state index contributed by atoms with van der Waals surface area (Å²) in [5.41, 5.74) is 0. The molecule has 1 atom stereocenters. The number of hydrogen-bond acceptors (Lipinski definition) is 1. The highest BCUT2D eigenvalue weighted by Crippen LogP contribution is 2.17. The maximum Gasteiger partial charge on any atom is 0.115 e. The van der Waals surface area contributed by atoms with Gasteiger partial charge in [-0.15, -0.1) is 0 Å². The third kappa shape index (κ3) is 9.37. The van der Waals surface area contributed by atoms with E-state index in [4.69, 9.17) is 0 Å². The molecule has 0 spiro atoms. The van der Waals surface area contributed by atoms with Crippen LogP contribution < -0.4 is 5.30 Å². The first-order valence-corrected chi connectivity index (χ1v) is 9.56. The fourth-order valence-corrected chi connectivity index (χ4v) is 3.54. The van der Waals surface area contributed by atoms with E-state index in [0.717, 1.165) is 8.58 Å². The van der Waals surface area contributed by atoms with Crippen LogP contribution in [-0.2, 0) is 0 Å². The molecule has 0 bridgehead atoms. The summed E-state index contributed by atoms with van der Waals surface area (Å²) in [5, 5.41) is 10.6. The minimum Gasteiger partial charge on any atom is -0.508 e. The minimum atomic E-state index is 0.373. The van der Waals surface area contributed by atoms with Crippen LogP contribution in [0.25, 0.3) is 0 Å². The van der Waals surface area contributed by atoms with Crippen LogP contribution in [-0.4, -0.2) is 11.3 Å². The lowest BCUT2D eigenvalue weighted by Crippen LogP contribution is -1.93. The van der Waals surface area contributed by atoms with Crippen molar-refractivity contribution in [2.45, 2.75) is 71.1 Å². The molecule has 0 heterocycles. The average Bonchev–Trinajstić information content (AvgIpc) is 2.47. The second-order valence-corrected chi connectivity index (χ2v) is 7.09. The molecule has 0 fully saturated rings. The molecule has 0 amide bonds. The van der Waals surface area contributed by atoms with Gasteiger partial charge in [0.1, 0.15) is 5.75 Å². The monoisotopic (exact) mass is 294 g/mol. The van der Waals surface area contributed by atoms with E-state index >= 15 is 0 Å². The highest BCUT2D eigenvalue weighted by Gasteiger charge is 1.95. The molecule has 1 N–H and O–H groups in total. The quantitative estimate of drug-likeness (QED) is 0.392. The van der Waals surface area contributed by atoms with Gasteiger partial charge in [0.15, 0.2) is 0 Å². The topological polar surface area (TPSA) is 20.2 Å². The molecule has 0 aliphatic carbocycles. The molecular formula is C18H31OP. The number of benzene rings is 1. The second-order valence-electron chi connectivity index (χ2n) is 5.66. The van der Waals surface area contributed by atoms with Crippen molar-refractivity contribution in [2.75, 3.05) is 6.16 Å². The zero-order chi connectivity index (χ0) is 14.5. The standard InChI is InChI=1S/C18H31OP/c1-2-3-4-5-6-7-8-9-10-11-16-20-18-14-12-17(19)13-15-18/h12-15,19-20H,2-11,16H2,1H3. The molecule has 20 heavy (non-hydrogen) atoms. The first-order valence-electron chi connectivity index (χ1n) is 8.36. The normalized spacial score (nSPS) is 11.4. The third-order valence-corrected chi connectivity index (χ3v) is 5.07. The summed E-state index contributed by atoms with van der Waals surface area (Å²) in [6.45, 7) is 2.28. The highest BCUT2D eigenvalue weighted by atomic mass is 31.1. The predicted octanol–water partition coefficient (Wildman–Crippen LogP) is 5.62. The summed E-state index contributed by atoms with van der Waals surface area (Å²) in [6, 6.07) is 7.68. The van der Waals surface area contributed by atoms with E-state index in [1.807, 2.05) is 12.1 Å². The summed E-state index contributed by atoms with van der Waals surface area (Å²) < 4.78 is 0. The van der Waals surface area contributed by atoms with Gasteiger partial charge in [-0.3, -0.25) is 0 Å². The van der Waals surface area contributed by atoms with Gasteiger partial charge in [0.05, 0.1) is 0 Å². The van der Waals surface area contributed by atoms with E-state index in [1.54, 1.807) is 12.1 Å². The van der Waals surface area contributed by atoms with E-state index < -0.39 is 0 Å². The lowest BCUT2D eigenvalue weighted by molar-refractivity contribution is 0.475. The minimum absolute atomic E-state index is 0.373. The first kappa shape index (κ1) is 17.5. The second kappa shape index (κ2) is 12.2. The van der Waals surface area contributed by atoms with Crippen molar-refractivity contribution in [2.24, 2.45) is 0 Å². The maximum atomic E-state index is 9.22. The molecule has 114 valence electrons. The first-order chi connectivity index (χ1) is 9.83. The van der Waals surface area contributed by atoms with E-state index in [1.165, 1.54) is 75.7 Å². The molecule has 2 heteroatoms. The van der Waals surface area contributed by atoms with Crippen LogP contribution in [0.2, 0.25) is 0 Å². The van der Waals surface area contributed by atoms with E-state index in [9.17, 15) is 5.11 Å². The van der Waals surface area contributed by atoms with Crippen molar-refractivity contribution in [1.29, 1.82) is 0 Å². The Bertz CT molecular complexity index is 321. The SMILES string of the molecule is CCCCCCCCCCCCPc1ccc(O)cc1. The molecule has 0 aliphatic rings. The van der Waals surface area contributed by atoms with Gasteiger partial charge in [0, 0.05) is 0 Å². The summed E-state index contributed by atoms with van der Waals surface area (Å²) in [7, 11) is 0.902. The number of rotatable bonds is 12. The number of hydrogen-bond donors (Lipinski definition) is 1. The van der Waals surface area contributed by atoms with Crippen molar-refractivity contribution >= 4 is 13.9 Å². The number of aromatic hydroxyl groups is 1. The molecule has 0 aliphatic heterocycles. The van der Waals surface area contributed by atoms with Crippen LogP contribution in [0.1, 0.15) is 71.1 Å². The van der Waals surface area contributed by atoms with E-state index in [-0.39, 0.29) is 0 Å². The predicted molar refractivity (Wildman–Crippen MR) is 92.8 cm³/mol. The third-order valence-electron chi connectivity index (χ3n) is 3.73. The molecule has 1 unspecified atom stereocenters. The average molecular weight is 294 g/mol. The summed E-state index contributed by atoms with van der Waals surface area (Å²) in [5.74, 6) is 0.373. The molecule has 1 aromatic rings. The Hall–Kier alpha value is -0.550. The van der Waals surface area contributed by atoms with Gasteiger partial charge in [-0.05, 0) is 30.0 Å². The number of phenols is 1. The van der Waals surface area contributed by atoms with Gasteiger partial charge in [-0.1, -0.05) is 85.4 Å². The molecular weight excluding hydrogens is 263 g/mol. The van der Waals surface area contributed by atoms with Gasteiger partial charge in [0.25, 0.3) is 0 Å². The van der Waals surface area contributed by atoms with E-state index in [2.05, 4.69) is 6.92 Å². The Morgan fingerprint density at radius 3 is 1.80 bits per heavy atom.